The molecule has 7 nitrogen and oxygen atoms in total. The van der Waals surface area contributed by atoms with Gasteiger partial charge in [-0.25, -0.2) is 4.79 Å². The SMILES string of the molecule is CC/C=C\C/C=C\C(/C=C\CCCCCC(=O)NC(CCCN)C(=O)O)OC(=O)CCCCCCC/C=C\C/C=C\CCC. The lowest BCUT2D eigenvalue weighted by atomic mass is 10.1. The van der Waals surface area contributed by atoms with Crippen molar-refractivity contribution in [1.82, 2.24) is 5.32 Å². The number of nitrogens with two attached hydrogens (primary N) is 1. The van der Waals surface area contributed by atoms with Gasteiger partial charge in [-0.05, 0) is 95.7 Å². The number of allylic oxidation sites excluding steroid dienone is 8. The van der Waals surface area contributed by atoms with E-state index in [0.717, 1.165) is 70.6 Å². The number of aliphatic carboxylic acids is 1. The summed E-state index contributed by atoms with van der Waals surface area (Å²) in [5.74, 6) is -1.43. The monoisotopic (exact) mass is 614 g/mol. The summed E-state index contributed by atoms with van der Waals surface area (Å²) in [6, 6.07) is -0.875. The Morgan fingerprint density at radius 1 is 0.705 bits per heavy atom. The van der Waals surface area contributed by atoms with E-state index in [1.54, 1.807) is 0 Å². The minimum atomic E-state index is -1.02. The Kier molecular flexibility index (Phi) is 29.4. The minimum Gasteiger partial charge on any atom is -0.480 e. The van der Waals surface area contributed by atoms with Crippen molar-refractivity contribution in [2.45, 2.75) is 148 Å². The van der Waals surface area contributed by atoms with E-state index in [0.29, 0.717) is 38.6 Å². The molecule has 0 aliphatic carbocycles. The number of hydrogen-bond donors (Lipinski definition) is 3. The summed E-state index contributed by atoms with van der Waals surface area (Å²) in [6.07, 6.45) is 37.4. The van der Waals surface area contributed by atoms with Crippen LogP contribution in [0.3, 0.4) is 0 Å². The van der Waals surface area contributed by atoms with Gasteiger partial charge in [0, 0.05) is 12.8 Å². The van der Waals surface area contributed by atoms with Crippen LogP contribution in [0, 0.1) is 0 Å². The van der Waals surface area contributed by atoms with Crippen molar-refractivity contribution in [3.05, 3.63) is 60.8 Å². The lowest BCUT2D eigenvalue weighted by Gasteiger charge is -2.13. The van der Waals surface area contributed by atoms with Gasteiger partial charge in [0.15, 0.2) is 0 Å². The van der Waals surface area contributed by atoms with Gasteiger partial charge >= 0.3 is 11.9 Å². The molecule has 0 spiro atoms. The first-order valence-electron chi connectivity index (χ1n) is 17.1. The Balaban J connectivity index is 4.33. The molecule has 0 aromatic carbocycles. The fourth-order valence-electron chi connectivity index (χ4n) is 4.44. The Morgan fingerprint density at radius 2 is 1.30 bits per heavy atom. The van der Waals surface area contributed by atoms with E-state index in [-0.39, 0.29) is 18.0 Å². The largest absolute Gasteiger partial charge is 0.480 e. The van der Waals surface area contributed by atoms with Crippen LogP contribution in [0.25, 0.3) is 0 Å². The van der Waals surface area contributed by atoms with E-state index >= 15 is 0 Å². The fraction of sp³-hybridized carbons (Fsp3) is 0.649. The molecule has 2 unspecified atom stereocenters. The van der Waals surface area contributed by atoms with Crippen LogP contribution in [0.4, 0.5) is 0 Å². The van der Waals surface area contributed by atoms with Gasteiger partial charge in [0.25, 0.3) is 0 Å². The summed E-state index contributed by atoms with van der Waals surface area (Å²) in [5, 5.41) is 11.8. The Morgan fingerprint density at radius 3 is 2.00 bits per heavy atom. The predicted octanol–water partition coefficient (Wildman–Crippen LogP) is 8.66. The van der Waals surface area contributed by atoms with Crippen LogP contribution in [0.15, 0.2) is 60.8 Å². The number of carboxylic acids is 1. The molecule has 250 valence electrons. The highest BCUT2D eigenvalue weighted by Gasteiger charge is 2.18. The summed E-state index contributed by atoms with van der Waals surface area (Å²) in [5.41, 5.74) is 5.44. The zero-order valence-electron chi connectivity index (χ0n) is 27.7. The number of carboxylic acid groups (broad SMARTS) is 1. The number of ether oxygens (including phenoxy) is 1. The maximum atomic E-state index is 12.5. The molecule has 0 heterocycles. The van der Waals surface area contributed by atoms with Gasteiger partial charge in [0.1, 0.15) is 12.1 Å². The third-order valence-electron chi connectivity index (χ3n) is 7.01. The number of hydrogen-bond acceptors (Lipinski definition) is 5. The Bertz CT molecular complexity index is 875. The first-order chi connectivity index (χ1) is 21.4. The van der Waals surface area contributed by atoms with Gasteiger partial charge in [0.05, 0.1) is 0 Å². The molecule has 0 aromatic heterocycles. The second-order valence-electron chi connectivity index (χ2n) is 11.2. The molecular weight excluding hydrogens is 552 g/mol. The highest BCUT2D eigenvalue weighted by atomic mass is 16.5. The summed E-state index contributed by atoms with van der Waals surface area (Å²) in [4.78, 5) is 35.9. The molecule has 0 saturated carbocycles. The second kappa shape index (κ2) is 31.5. The Labute approximate surface area is 268 Å². The van der Waals surface area contributed by atoms with E-state index in [1.807, 2.05) is 24.3 Å². The molecule has 0 saturated heterocycles. The molecule has 0 radical (unpaired) electrons. The number of esters is 1. The number of carbonyl (C=O) groups is 3. The van der Waals surface area contributed by atoms with Gasteiger partial charge in [-0.2, -0.15) is 0 Å². The molecule has 0 bridgehead atoms. The van der Waals surface area contributed by atoms with Crippen molar-refractivity contribution in [2.75, 3.05) is 6.54 Å². The quantitative estimate of drug-likeness (QED) is 0.0441. The van der Waals surface area contributed by atoms with Gasteiger partial charge in [0.2, 0.25) is 5.91 Å². The lowest BCUT2D eigenvalue weighted by Crippen LogP contribution is -2.40. The molecule has 0 aliphatic heterocycles. The molecule has 0 aromatic rings. The molecule has 7 heteroatoms. The molecule has 0 aliphatic rings. The summed E-state index contributed by atoms with van der Waals surface area (Å²) in [7, 11) is 0. The van der Waals surface area contributed by atoms with Crippen molar-refractivity contribution in [1.29, 1.82) is 0 Å². The highest BCUT2D eigenvalue weighted by Crippen LogP contribution is 2.11. The van der Waals surface area contributed by atoms with Gasteiger partial charge in [-0.15, -0.1) is 0 Å². The maximum absolute atomic E-state index is 12.5. The van der Waals surface area contributed by atoms with Crippen LogP contribution >= 0.6 is 0 Å². The van der Waals surface area contributed by atoms with E-state index in [4.69, 9.17) is 10.5 Å². The second-order valence-corrected chi connectivity index (χ2v) is 11.2. The van der Waals surface area contributed by atoms with Crippen LogP contribution < -0.4 is 11.1 Å². The first-order valence-corrected chi connectivity index (χ1v) is 17.1. The highest BCUT2D eigenvalue weighted by molar-refractivity contribution is 5.83. The fourth-order valence-corrected chi connectivity index (χ4v) is 4.44. The third-order valence-corrected chi connectivity index (χ3v) is 7.01. The molecule has 1 amide bonds. The van der Waals surface area contributed by atoms with Crippen LogP contribution in [0.2, 0.25) is 0 Å². The van der Waals surface area contributed by atoms with E-state index in [1.165, 1.54) is 19.3 Å². The minimum absolute atomic E-state index is 0.162. The molecule has 4 N–H and O–H groups in total. The van der Waals surface area contributed by atoms with Crippen molar-refractivity contribution in [3.8, 4) is 0 Å². The van der Waals surface area contributed by atoms with E-state index in [2.05, 4.69) is 55.6 Å². The van der Waals surface area contributed by atoms with Crippen molar-refractivity contribution < 1.29 is 24.2 Å². The van der Waals surface area contributed by atoms with Crippen molar-refractivity contribution in [2.24, 2.45) is 5.73 Å². The van der Waals surface area contributed by atoms with Crippen LogP contribution in [-0.4, -0.2) is 41.6 Å². The normalized spacial score (nSPS) is 13.5. The van der Waals surface area contributed by atoms with Gasteiger partial charge in [-0.1, -0.05) is 94.6 Å². The molecule has 0 fully saturated rings. The van der Waals surface area contributed by atoms with Crippen molar-refractivity contribution >= 4 is 17.8 Å². The lowest BCUT2D eigenvalue weighted by molar-refractivity contribution is -0.145. The Hall–Kier alpha value is -2.93. The standard InChI is InChI=1S/C37H62N2O5/c1-3-5-7-9-10-11-12-13-14-15-16-21-25-31-36(41)44-33(27-22-18-8-6-4-2)28-23-19-17-20-24-30-35(40)39-34(37(42)43)29-26-32-38/h6-9,11-12,22-23,27-28,33-34H,3-5,10,13-21,24-26,29-32,38H2,1-2H3,(H,39,40)(H,42,43)/b8-6-,9-7-,12-11-,27-22-,28-23-. The van der Waals surface area contributed by atoms with Gasteiger partial charge in [-0.3, -0.25) is 9.59 Å². The number of amides is 1. The average molecular weight is 615 g/mol. The summed E-state index contributed by atoms with van der Waals surface area (Å²) in [6.45, 7) is 4.69. The predicted molar refractivity (Wildman–Crippen MR) is 183 cm³/mol. The smallest absolute Gasteiger partial charge is 0.326 e. The van der Waals surface area contributed by atoms with Crippen LogP contribution in [0.5, 0.6) is 0 Å². The van der Waals surface area contributed by atoms with Gasteiger partial charge < -0.3 is 20.9 Å². The zero-order valence-corrected chi connectivity index (χ0v) is 27.7. The number of rotatable bonds is 29. The molecular formula is C37H62N2O5. The summed E-state index contributed by atoms with van der Waals surface area (Å²) < 4.78 is 5.75. The number of carbonyl (C=O) groups excluding carboxylic acids is 2. The average Bonchev–Trinajstić information content (AvgIpc) is 3.00. The number of nitrogens with one attached hydrogen (secondary N) is 1. The van der Waals surface area contributed by atoms with E-state index in [9.17, 15) is 19.5 Å². The summed E-state index contributed by atoms with van der Waals surface area (Å²) >= 11 is 0. The molecule has 44 heavy (non-hydrogen) atoms. The van der Waals surface area contributed by atoms with E-state index < -0.39 is 12.0 Å². The third kappa shape index (κ3) is 27.9. The number of unbranched alkanes of at least 4 members (excludes halogenated alkanes) is 9. The van der Waals surface area contributed by atoms with Crippen LogP contribution in [-0.2, 0) is 19.1 Å². The molecule has 2 atom stereocenters. The van der Waals surface area contributed by atoms with Crippen LogP contribution in [0.1, 0.15) is 136 Å². The van der Waals surface area contributed by atoms with Crippen molar-refractivity contribution in [3.63, 3.8) is 0 Å². The first kappa shape index (κ1) is 41.1. The topological polar surface area (TPSA) is 119 Å². The maximum Gasteiger partial charge on any atom is 0.326 e. The zero-order chi connectivity index (χ0) is 32.5. The molecule has 0 rings (SSSR count).